The van der Waals surface area contributed by atoms with Crippen LogP contribution in [0.1, 0.15) is 40.0 Å². The van der Waals surface area contributed by atoms with E-state index in [-0.39, 0.29) is 10.8 Å². The number of aldehydes is 1. The second-order valence-electron chi connectivity index (χ2n) is 5.54. The van der Waals surface area contributed by atoms with Gasteiger partial charge in [-0.1, -0.05) is 20.8 Å². The highest BCUT2D eigenvalue weighted by atomic mass is 16.3. The van der Waals surface area contributed by atoms with Crippen LogP contribution < -0.4 is 0 Å². The van der Waals surface area contributed by atoms with Gasteiger partial charge in [-0.2, -0.15) is 0 Å². The summed E-state index contributed by atoms with van der Waals surface area (Å²) in [5.74, 6) is 0.521. The Bertz CT molecular complexity index is 259. The zero-order chi connectivity index (χ0) is 9.91. The molecule has 0 unspecified atom stereocenters. The Labute approximate surface area is 79.3 Å². The van der Waals surface area contributed by atoms with Crippen LogP contribution in [-0.4, -0.2) is 17.0 Å². The summed E-state index contributed by atoms with van der Waals surface area (Å²) in [7, 11) is 0. The summed E-state index contributed by atoms with van der Waals surface area (Å²) in [6.45, 7) is 6.44. The molecule has 13 heavy (non-hydrogen) atoms. The molecule has 0 amide bonds. The lowest BCUT2D eigenvalue weighted by molar-refractivity contribution is -0.141. The van der Waals surface area contributed by atoms with Crippen molar-refractivity contribution in [2.24, 2.45) is 16.7 Å². The van der Waals surface area contributed by atoms with Crippen molar-refractivity contribution in [3.63, 3.8) is 0 Å². The molecule has 0 aromatic rings. The van der Waals surface area contributed by atoms with Crippen molar-refractivity contribution < 1.29 is 9.90 Å². The van der Waals surface area contributed by atoms with Gasteiger partial charge in [-0.15, -0.1) is 0 Å². The van der Waals surface area contributed by atoms with Gasteiger partial charge in [0.05, 0.1) is 0 Å². The molecule has 0 heterocycles. The molecule has 2 rings (SSSR count). The highest BCUT2D eigenvalue weighted by molar-refractivity contribution is 5.66. The van der Waals surface area contributed by atoms with Crippen LogP contribution in [0.3, 0.4) is 0 Å². The van der Waals surface area contributed by atoms with Gasteiger partial charge in [-0.25, -0.2) is 0 Å². The highest BCUT2D eigenvalue weighted by Crippen LogP contribution is 2.68. The standard InChI is InChI=1S/C11H18O2/c1-9(2)8-4-5-10(9,3)11(13,6-8)7-12/h7-8,13H,4-6H2,1-3H3/t8-,10-,11-/m1/s1. The van der Waals surface area contributed by atoms with E-state index in [0.717, 1.165) is 12.7 Å². The van der Waals surface area contributed by atoms with E-state index in [9.17, 15) is 9.90 Å². The zero-order valence-corrected chi connectivity index (χ0v) is 8.63. The Balaban J connectivity index is 2.49. The lowest BCUT2D eigenvalue weighted by Crippen LogP contribution is -2.48. The lowest BCUT2D eigenvalue weighted by atomic mass is 9.65. The van der Waals surface area contributed by atoms with E-state index in [4.69, 9.17) is 0 Å². The lowest BCUT2D eigenvalue weighted by Gasteiger charge is -2.41. The zero-order valence-electron chi connectivity index (χ0n) is 8.63. The molecule has 0 radical (unpaired) electrons. The van der Waals surface area contributed by atoms with Crippen LogP contribution in [0.2, 0.25) is 0 Å². The molecule has 2 saturated carbocycles. The number of hydrogen-bond acceptors (Lipinski definition) is 2. The number of carbonyl (C=O) groups is 1. The van der Waals surface area contributed by atoms with Gasteiger partial charge in [0, 0.05) is 5.41 Å². The Kier molecular flexibility index (Phi) is 1.53. The average Bonchev–Trinajstić information content (AvgIpc) is 2.36. The third-order valence-corrected chi connectivity index (χ3v) is 5.14. The number of aliphatic hydroxyl groups is 1. The summed E-state index contributed by atoms with van der Waals surface area (Å²) in [5, 5.41) is 10.2. The average molecular weight is 182 g/mol. The predicted octanol–water partition coefficient (Wildman–Crippen LogP) is 1.76. The number of rotatable bonds is 1. The fraction of sp³-hybridized carbons (Fsp3) is 0.909. The van der Waals surface area contributed by atoms with Gasteiger partial charge in [0.1, 0.15) is 5.60 Å². The smallest absolute Gasteiger partial charge is 0.152 e. The molecule has 0 aromatic carbocycles. The fourth-order valence-corrected chi connectivity index (χ4v) is 3.51. The van der Waals surface area contributed by atoms with Crippen LogP contribution in [0.5, 0.6) is 0 Å². The minimum Gasteiger partial charge on any atom is -0.382 e. The summed E-state index contributed by atoms with van der Waals surface area (Å²) in [4.78, 5) is 11.0. The van der Waals surface area contributed by atoms with E-state index in [1.54, 1.807) is 0 Å². The van der Waals surface area contributed by atoms with Crippen LogP contribution in [0.15, 0.2) is 0 Å². The fourth-order valence-electron chi connectivity index (χ4n) is 3.51. The van der Waals surface area contributed by atoms with E-state index in [1.165, 1.54) is 6.42 Å². The van der Waals surface area contributed by atoms with Crippen molar-refractivity contribution in [2.45, 2.75) is 45.6 Å². The predicted molar refractivity (Wildman–Crippen MR) is 50.2 cm³/mol. The first-order valence-electron chi connectivity index (χ1n) is 5.06. The van der Waals surface area contributed by atoms with Crippen LogP contribution in [0, 0.1) is 16.7 Å². The molecule has 0 spiro atoms. The molecule has 0 aromatic heterocycles. The third kappa shape index (κ3) is 0.762. The highest BCUT2D eigenvalue weighted by Gasteiger charge is 2.68. The molecule has 3 atom stereocenters. The second kappa shape index (κ2) is 2.17. The van der Waals surface area contributed by atoms with Crippen molar-refractivity contribution in [2.75, 3.05) is 0 Å². The molecule has 2 fully saturated rings. The van der Waals surface area contributed by atoms with E-state index in [1.807, 2.05) is 0 Å². The SMILES string of the molecule is CC1(C)[C@@H]2CC[C@@]1(C)[C@](O)(C=O)C2. The number of fused-ring (bicyclic) bond motifs is 2. The maximum Gasteiger partial charge on any atom is 0.152 e. The minimum atomic E-state index is -1.06. The van der Waals surface area contributed by atoms with Gasteiger partial charge in [0.2, 0.25) is 0 Å². The molecular formula is C11H18O2. The second-order valence-corrected chi connectivity index (χ2v) is 5.54. The van der Waals surface area contributed by atoms with Crippen LogP contribution in [0.4, 0.5) is 0 Å². The molecule has 2 heteroatoms. The molecule has 2 nitrogen and oxygen atoms in total. The molecule has 0 aliphatic heterocycles. The van der Waals surface area contributed by atoms with Crippen LogP contribution >= 0.6 is 0 Å². The van der Waals surface area contributed by atoms with Gasteiger partial charge < -0.3 is 9.90 Å². The Hall–Kier alpha value is -0.370. The minimum absolute atomic E-state index is 0.114. The third-order valence-electron chi connectivity index (χ3n) is 5.14. The largest absolute Gasteiger partial charge is 0.382 e. The summed E-state index contributed by atoms with van der Waals surface area (Å²) >= 11 is 0. The molecule has 1 N–H and O–H groups in total. The van der Waals surface area contributed by atoms with Crippen molar-refractivity contribution in [3.05, 3.63) is 0 Å². The van der Waals surface area contributed by atoms with Crippen molar-refractivity contribution >= 4 is 6.29 Å². The Morgan fingerprint density at radius 1 is 1.38 bits per heavy atom. The first-order valence-corrected chi connectivity index (χ1v) is 5.06. The molecule has 2 aliphatic rings. The molecule has 2 aliphatic carbocycles. The van der Waals surface area contributed by atoms with E-state index >= 15 is 0 Å². The van der Waals surface area contributed by atoms with E-state index < -0.39 is 5.60 Å². The van der Waals surface area contributed by atoms with Gasteiger partial charge in [0.25, 0.3) is 0 Å². The maximum atomic E-state index is 11.0. The summed E-state index contributed by atoms with van der Waals surface area (Å²) < 4.78 is 0. The van der Waals surface area contributed by atoms with E-state index in [2.05, 4.69) is 20.8 Å². The van der Waals surface area contributed by atoms with Gasteiger partial charge in [-0.05, 0) is 30.6 Å². The van der Waals surface area contributed by atoms with Gasteiger partial charge >= 0.3 is 0 Å². The van der Waals surface area contributed by atoms with E-state index in [0.29, 0.717) is 12.3 Å². The monoisotopic (exact) mass is 182 g/mol. The number of hydrogen-bond donors (Lipinski definition) is 1. The van der Waals surface area contributed by atoms with Gasteiger partial charge in [0.15, 0.2) is 6.29 Å². The van der Waals surface area contributed by atoms with Crippen molar-refractivity contribution in [3.8, 4) is 0 Å². The maximum absolute atomic E-state index is 11.0. The quantitative estimate of drug-likeness (QED) is 0.627. The van der Waals surface area contributed by atoms with Crippen molar-refractivity contribution in [1.29, 1.82) is 0 Å². The Morgan fingerprint density at radius 2 is 2.00 bits per heavy atom. The normalized spacial score (nSPS) is 52.5. The van der Waals surface area contributed by atoms with Crippen molar-refractivity contribution in [1.82, 2.24) is 0 Å². The topological polar surface area (TPSA) is 37.3 Å². The Morgan fingerprint density at radius 3 is 2.23 bits per heavy atom. The molecule has 74 valence electrons. The first kappa shape index (κ1) is 9.20. The summed E-state index contributed by atoms with van der Waals surface area (Å²) in [6, 6.07) is 0. The van der Waals surface area contributed by atoms with Crippen LogP contribution in [0.25, 0.3) is 0 Å². The molecular weight excluding hydrogens is 164 g/mol. The first-order chi connectivity index (χ1) is 5.87. The van der Waals surface area contributed by atoms with Gasteiger partial charge in [-0.3, -0.25) is 0 Å². The van der Waals surface area contributed by atoms with Crippen LogP contribution in [-0.2, 0) is 4.79 Å². The summed E-state index contributed by atoms with van der Waals surface area (Å²) in [6.07, 6.45) is 3.59. The molecule has 0 saturated heterocycles. The molecule has 2 bridgehead atoms. The summed E-state index contributed by atoms with van der Waals surface area (Å²) in [5.41, 5.74) is -1.14. The number of carbonyl (C=O) groups excluding carboxylic acids is 1.